The SMILES string of the molecule is CCCCC(=O)Nc1cccc(NC(=S)NC(=O)C=Cc2ccc(-c3ccc(Cl)cc3)o2)c1. The number of halogens is 1. The van der Waals surface area contributed by atoms with Gasteiger partial charge in [0.2, 0.25) is 11.8 Å². The minimum atomic E-state index is -0.402. The molecule has 0 saturated heterocycles. The monoisotopic (exact) mass is 481 g/mol. The Morgan fingerprint density at radius 2 is 1.76 bits per heavy atom. The van der Waals surface area contributed by atoms with Crippen LogP contribution in [0.1, 0.15) is 31.9 Å². The molecule has 0 atom stereocenters. The van der Waals surface area contributed by atoms with Crippen LogP contribution in [-0.2, 0) is 9.59 Å². The molecule has 3 aromatic rings. The molecule has 3 rings (SSSR count). The maximum Gasteiger partial charge on any atom is 0.250 e. The molecular formula is C25H24ClN3O3S. The van der Waals surface area contributed by atoms with E-state index in [0.717, 1.165) is 18.4 Å². The van der Waals surface area contributed by atoms with Gasteiger partial charge in [0.25, 0.3) is 0 Å². The smallest absolute Gasteiger partial charge is 0.250 e. The van der Waals surface area contributed by atoms with Crippen molar-refractivity contribution in [2.75, 3.05) is 10.6 Å². The largest absolute Gasteiger partial charge is 0.457 e. The molecule has 33 heavy (non-hydrogen) atoms. The number of hydrogen-bond acceptors (Lipinski definition) is 4. The summed E-state index contributed by atoms with van der Waals surface area (Å²) >= 11 is 11.1. The molecule has 0 unspecified atom stereocenters. The summed E-state index contributed by atoms with van der Waals surface area (Å²) in [5.41, 5.74) is 2.19. The molecule has 0 spiro atoms. The molecule has 8 heteroatoms. The van der Waals surface area contributed by atoms with Crippen molar-refractivity contribution in [2.24, 2.45) is 0 Å². The average molecular weight is 482 g/mol. The zero-order valence-corrected chi connectivity index (χ0v) is 19.6. The second kappa shape index (κ2) is 12.0. The number of nitrogens with one attached hydrogen (secondary N) is 3. The molecule has 0 bridgehead atoms. The van der Waals surface area contributed by atoms with Crippen molar-refractivity contribution in [2.45, 2.75) is 26.2 Å². The Balaban J connectivity index is 1.51. The quantitative estimate of drug-likeness (QED) is 0.261. The highest BCUT2D eigenvalue weighted by Gasteiger charge is 2.06. The number of amides is 2. The number of anilines is 2. The van der Waals surface area contributed by atoms with E-state index in [1.807, 2.05) is 25.1 Å². The van der Waals surface area contributed by atoms with Gasteiger partial charge in [0.15, 0.2) is 5.11 Å². The van der Waals surface area contributed by atoms with Crippen molar-refractivity contribution in [3.05, 3.63) is 77.5 Å². The summed E-state index contributed by atoms with van der Waals surface area (Å²) in [4.78, 5) is 24.1. The fourth-order valence-electron chi connectivity index (χ4n) is 2.92. The van der Waals surface area contributed by atoms with E-state index in [2.05, 4.69) is 16.0 Å². The van der Waals surface area contributed by atoms with Crippen LogP contribution in [0.15, 0.2) is 71.2 Å². The summed E-state index contributed by atoms with van der Waals surface area (Å²) in [5, 5.41) is 9.16. The lowest BCUT2D eigenvalue weighted by atomic mass is 10.2. The molecule has 1 heterocycles. The fourth-order valence-corrected chi connectivity index (χ4v) is 3.27. The maximum atomic E-state index is 12.2. The van der Waals surface area contributed by atoms with E-state index in [1.165, 1.54) is 6.08 Å². The minimum Gasteiger partial charge on any atom is -0.457 e. The summed E-state index contributed by atoms with van der Waals surface area (Å²) in [6, 6.07) is 18.0. The lowest BCUT2D eigenvalue weighted by Gasteiger charge is -2.10. The van der Waals surface area contributed by atoms with Gasteiger partial charge in [-0.3, -0.25) is 14.9 Å². The molecule has 0 aliphatic carbocycles. The highest BCUT2D eigenvalue weighted by atomic mass is 35.5. The predicted molar refractivity (Wildman–Crippen MR) is 137 cm³/mol. The van der Waals surface area contributed by atoms with Crippen molar-refractivity contribution < 1.29 is 14.0 Å². The Morgan fingerprint density at radius 3 is 2.48 bits per heavy atom. The molecule has 1 aromatic heterocycles. The molecule has 0 saturated carbocycles. The maximum absolute atomic E-state index is 12.2. The zero-order valence-electron chi connectivity index (χ0n) is 18.1. The van der Waals surface area contributed by atoms with E-state index in [0.29, 0.717) is 34.3 Å². The minimum absolute atomic E-state index is 0.0350. The van der Waals surface area contributed by atoms with Crippen molar-refractivity contribution in [1.29, 1.82) is 0 Å². The highest BCUT2D eigenvalue weighted by molar-refractivity contribution is 7.80. The lowest BCUT2D eigenvalue weighted by molar-refractivity contribution is -0.116. The Kier molecular flexibility index (Phi) is 8.80. The molecule has 2 aromatic carbocycles. The third-order valence-corrected chi connectivity index (χ3v) is 5.01. The van der Waals surface area contributed by atoms with Crippen LogP contribution in [0.25, 0.3) is 17.4 Å². The van der Waals surface area contributed by atoms with Gasteiger partial charge in [0.05, 0.1) is 0 Å². The van der Waals surface area contributed by atoms with E-state index in [4.69, 9.17) is 28.2 Å². The van der Waals surface area contributed by atoms with Gasteiger partial charge in [0, 0.05) is 34.5 Å². The summed E-state index contributed by atoms with van der Waals surface area (Å²) < 4.78 is 5.74. The van der Waals surface area contributed by atoms with Gasteiger partial charge in [0.1, 0.15) is 11.5 Å². The first kappa shape index (κ1) is 24.2. The molecule has 170 valence electrons. The number of thiocarbonyl (C=S) groups is 1. The zero-order chi connectivity index (χ0) is 23.6. The number of hydrogen-bond donors (Lipinski definition) is 3. The highest BCUT2D eigenvalue weighted by Crippen LogP contribution is 2.24. The number of benzene rings is 2. The van der Waals surface area contributed by atoms with E-state index in [9.17, 15) is 9.59 Å². The van der Waals surface area contributed by atoms with Crippen LogP contribution >= 0.6 is 23.8 Å². The summed E-state index contributed by atoms with van der Waals surface area (Å²) in [6.45, 7) is 2.04. The molecule has 0 aliphatic heterocycles. The first-order valence-corrected chi connectivity index (χ1v) is 11.3. The molecular weight excluding hydrogens is 458 g/mol. The van der Waals surface area contributed by atoms with Crippen LogP contribution in [0.2, 0.25) is 5.02 Å². The Bertz CT molecular complexity index is 1160. The number of rotatable bonds is 8. The summed E-state index contributed by atoms with van der Waals surface area (Å²) in [6.07, 6.45) is 5.17. The lowest BCUT2D eigenvalue weighted by Crippen LogP contribution is -2.32. The van der Waals surface area contributed by atoms with Gasteiger partial charge in [-0.2, -0.15) is 0 Å². The standard InChI is InChI=1S/C25H24ClN3O3S/c1-2-3-7-23(30)27-19-5-4-6-20(16-19)28-25(33)29-24(31)15-13-21-12-14-22(32-21)17-8-10-18(26)11-9-17/h4-6,8-16H,2-3,7H2,1H3,(H,27,30)(H2,28,29,31,33). The van der Waals surface area contributed by atoms with Crippen LogP contribution in [0.4, 0.5) is 11.4 Å². The third-order valence-electron chi connectivity index (χ3n) is 4.55. The second-order valence-corrected chi connectivity index (χ2v) is 8.06. The number of unbranched alkanes of at least 4 members (excludes halogenated alkanes) is 1. The third kappa shape index (κ3) is 7.89. The van der Waals surface area contributed by atoms with Crippen LogP contribution in [0.3, 0.4) is 0 Å². The summed E-state index contributed by atoms with van der Waals surface area (Å²) in [5.74, 6) is 0.763. The van der Waals surface area contributed by atoms with Gasteiger partial charge in [-0.05, 0) is 79.3 Å². The topological polar surface area (TPSA) is 83.4 Å². The van der Waals surface area contributed by atoms with E-state index >= 15 is 0 Å². The van der Waals surface area contributed by atoms with Crippen molar-refractivity contribution in [3.63, 3.8) is 0 Å². The number of carbonyl (C=O) groups is 2. The molecule has 0 radical (unpaired) electrons. The van der Waals surface area contributed by atoms with Gasteiger partial charge in [-0.15, -0.1) is 0 Å². The summed E-state index contributed by atoms with van der Waals surface area (Å²) in [7, 11) is 0. The van der Waals surface area contributed by atoms with Crippen LogP contribution in [0, 0.1) is 0 Å². The average Bonchev–Trinajstić information content (AvgIpc) is 3.26. The van der Waals surface area contributed by atoms with Gasteiger partial charge in [-0.25, -0.2) is 0 Å². The predicted octanol–water partition coefficient (Wildman–Crippen LogP) is 6.26. The number of furan rings is 1. The Morgan fingerprint density at radius 1 is 1.03 bits per heavy atom. The normalized spacial score (nSPS) is 10.7. The number of carbonyl (C=O) groups excluding carboxylic acids is 2. The fraction of sp³-hybridized carbons (Fsp3) is 0.160. The van der Waals surface area contributed by atoms with Crippen LogP contribution in [-0.4, -0.2) is 16.9 Å². The van der Waals surface area contributed by atoms with E-state index < -0.39 is 5.91 Å². The van der Waals surface area contributed by atoms with Gasteiger partial charge >= 0.3 is 0 Å². The van der Waals surface area contributed by atoms with E-state index in [1.54, 1.807) is 48.5 Å². The van der Waals surface area contributed by atoms with Gasteiger partial charge in [-0.1, -0.05) is 31.0 Å². The van der Waals surface area contributed by atoms with Crippen molar-refractivity contribution in [1.82, 2.24) is 5.32 Å². The van der Waals surface area contributed by atoms with Crippen LogP contribution < -0.4 is 16.0 Å². The molecule has 6 nitrogen and oxygen atoms in total. The van der Waals surface area contributed by atoms with Crippen LogP contribution in [0.5, 0.6) is 0 Å². The second-order valence-electron chi connectivity index (χ2n) is 7.22. The molecule has 0 fully saturated rings. The van der Waals surface area contributed by atoms with Crippen molar-refractivity contribution in [3.8, 4) is 11.3 Å². The van der Waals surface area contributed by atoms with E-state index in [-0.39, 0.29) is 11.0 Å². The molecule has 3 N–H and O–H groups in total. The first-order chi connectivity index (χ1) is 15.9. The molecule has 2 amide bonds. The van der Waals surface area contributed by atoms with Gasteiger partial charge < -0.3 is 15.1 Å². The first-order valence-electron chi connectivity index (χ1n) is 10.5. The Hall–Kier alpha value is -3.42. The molecule has 0 aliphatic rings. The Labute approximate surface area is 203 Å². The van der Waals surface area contributed by atoms with Crippen molar-refractivity contribution >= 4 is 58.2 Å².